The number of ketones is 1. The van der Waals surface area contributed by atoms with Crippen molar-refractivity contribution in [2.45, 2.75) is 26.9 Å². The molecule has 20 heavy (non-hydrogen) atoms. The molecule has 0 fully saturated rings. The van der Waals surface area contributed by atoms with E-state index in [1.807, 2.05) is 0 Å². The van der Waals surface area contributed by atoms with Crippen LogP contribution in [0.5, 0.6) is 0 Å². The Kier molecular flexibility index (Phi) is 4.04. The summed E-state index contributed by atoms with van der Waals surface area (Å²) in [6.07, 6.45) is -0.767. The van der Waals surface area contributed by atoms with Gasteiger partial charge >= 0.3 is 5.97 Å². The Bertz CT molecular complexity index is 697. The van der Waals surface area contributed by atoms with Gasteiger partial charge in [0.25, 0.3) is 0 Å². The van der Waals surface area contributed by atoms with E-state index in [9.17, 15) is 9.59 Å². The SMILES string of the molecule is CC(=O)[C@H](C)OC(=O)c1cc2cc(Cl)ccc2nc1C. The van der Waals surface area contributed by atoms with E-state index in [0.29, 0.717) is 16.3 Å². The molecule has 1 atom stereocenters. The molecule has 0 saturated heterocycles. The molecule has 4 nitrogen and oxygen atoms in total. The predicted octanol–water partition coefficient (Wildman–Crippen LogP) is 3.33. The van der Waals surface area contributed by atoms with Crippen LogP contribution in [0, 0.1) is 6.92 Å². The number of nitrogens with zero attached hydrogens (tertiary/aromatic N) is 1. The number of Topliss-reactive ketones (excluding diaryl/α,β-unsaturated/α-hetero) is 1. The topological polar surface area (TPSA) is 56.3 Å². The number of carbonyl (C=O) groups is 2. The highest BCUT2D eigenvalue weighted by molar-refractivity contribution is 6.31. The summed E-state index contributed by atoms with van der Waals surface area (Å²) in [5.74, 6) is -0.757. The number of esters is 1. The zero-order valence-electron chi connectivity index (χ0n) is 11.4. The van der Waals surface area contributed by atoms with Gasteiger partial charge in [-0.05, 0) is 45.0 Å². The number of halogens is 1. The fourth-order valence-electron chi connectivity index (χ4n) is 1.76. The molecule has 1 aromatic heterocycles. The highest BCUT2D eigenvalue weighted by atomic mass is 35.5. The van der Waals surface area contributed by atoms with Crippen LogP contribution < -0.4 is 0 Å². The van der Waals surface area contributed by atoms with E-state index in [1.165, 1.54) is 6.92 Å². The maximum absolute atomic E-state index is 12.1. The van der Waals surface area contributed by atoms with E-state index >= 15 is 0 Å². The summed E-state index contributed by atoms with van der Waals surface area (Å²) in [7, 11) is 0. The number of fused-ring (bicyclic) bond motifs is 1. The third-order valence-electron chi connectivity index (χ3n) is 3.04. The molecule has 0 aliphatic heterocycles. The molecule has 0 bridgehead atoms. The van der Waals surface area contributed by atoms with E-state index in [4.69, 9.17) is 16.3 Å². The van der Waals surface area contributed by atoms with Crippen LogP contribution in [0.25, 0.3) is 10.9 Å². The van der Waals surface area contributed by atoms with Gasteiger partial charge in [0.2, 0.25) is 0 Å². The number of hydrogen-bond donors (Lipinski definition) is 0. The van der Waals surface area contributed by atoms with Gasteiger partial charge < -0.3 is 4.74 Å². The first-order valence-electron chi connectivity index (χ1n) is 6.17. The Balaban J connectivity index is 2.40. The first-order chi connectivity index (χ1) is 9.38. The molecular formula is C15H14ClNO3. The molecule has 1 aromatic carbocycles. The molecular weight excluding hydrogens is 278 g/mol. The Morgan fingerprint density at radius 1 is 1.30 bits per heavy atom. The summed E-state index contributed by atoms with van der Waals surface area (Å²) < 4.78 is 5.10. The Hall–Kier alpha value is -1.94. The maximum atomic E-state index is 12.1. The van der Waals surface area contributed by atoms with Crippen molar-refractivity contribution in [2.24, 2.45) is 0 Å². The number of aryl methyl sites for hydroxylation is 1. The molecule has 2 aromatic rings. The van der Waals surface area contributed by atoms with Crippen molar-refractivity contribution in [1.82, 2.24) is 4.98 Å². The average Bonchev–Trinajstić information content (AvgIpc) is 2.38. The van der Waals surface area contributed by atoms with E-state index in [1.54, 1.807) is 38.1 Å². The fraction of sp³-hybridized carbons (Fsp3) is 0.267. The predicted molar refractivity (Wildman–Crippen MR) is 77.0 cm³/mol. The van der Waals surface area contributed by atoms with Crippen LogP contribution >= 0.6 is 11.6 Å². The maximum Gasteiger partial charge on any atom is 0.340 e. The summed E-state index contributed by atoms with van der Waals surface area (Å²) in [5.41, 5.74) is 1.65. The largest absolute Gasteiger partial charge is 0.451 e. The Morgan fingerprint density at radius 3 is 2.65 bits per heavy atom. The van der Waals surface area contributed by atoms with Gasteiger partial charge in [-0.1, -0.05) is 11.6 Å². The number of hydrogen-bond acceptors (Lipinski definition) is 4. The molecule has 5 heteroatoms. The number of pyridine rings is 1. The minimum atomic E-state index is -0.767. The van der Waals surface area contributed by atoms with Crippen LogP contribution in [0.3, 0.4) is 0 Å². The molecule has 0 aliphatic rings. The van der Waals surface area contributed by atoms with Gasteiger partial charge in [-0.15, -0.1) is 0 Å². The Labute approximate surface area is 121 Å². The van der Waals surface area contributed by atoms with Crippen molar-refractivity contribution in [3.8, 4) is 0 Å². The smallest absolute Gasteiger partial charge is 0.340 e. The van der Waals surface area contributed by atoms with Crippen molar-refractivity contribution in [3.63, 3.8) is 0 Å². The van der Waals surface area contributed by atoms with Crippen LogP contribution in [-0.4, -0.2) is 22.8 Å². The summed E-state index contributed by atoms with van der Waals surface area (Å²) in [5, 5.41) is 1.32. The zero-order chi connectivity index (χ0) is 14.9. The highest BCUT2D eigenvalue weighted by Gasteiger charge is 2.18. The second kappa shape index (κ2) is 5.59. The summed E-state index contributed by atoms with van der Waals surface area (Å²) in [6, 6.07) is 6.94. The van der Waals surface area contributed by atoms with Crippen LogP contribution in [0.1, 0.15) is 29.9 Å². The zero-order valence-corrected chi connectivity index (χ0v) is 12.2. The first-order valence-corrected chi connectivity index (χ1v) is 6.54. The second-order valence-corrected chi connectivity index (χ2v) is 5.05. The Morgan fingerprint density at radius 2 is 2.00 bits per heavy atom. The van der Waals surface area contributed by atoms with Crippen molar-refractivity contribution < 1.29 is 14.3 Å². The number of aromatic nitrogens is 1. The minimum absolute atomic E-state index is 0.201. The van der Waals surface area contributed by atoms with Crippen molar-refractivity contribution in [3.05, 3.63) is 40.5 Å². The molecule has 1 heterocycles. The van der Waals surface area contributed by atoms with Crippen LogP contribution in [0.2, 0.25) is 5.02 Å². The third-order valence-corrected chi connectivity index (χ3v) is 3.28. The van der Waals surface area contributed by atoms with Crippen molar-refractivity contribution in [2.75, 3.05) is 0 Å². The van der Waals surface area contributed by atoms with Gasteiger partial charge in [0.1, 0.15) is 0 Å². The van der Waals surface area contributed by atoms with E-state index in [-0.39, 0.29) is 5.78 Å². The van der Waals surface area contributed by atoms with E-state index in [2.05, 4.69) is 4.98 Å². The third kappa shape index (κ3) is 2.96. The van der Waals surface area contributed by atoms with Crippen LogP contribution in [0.15, 0.2) is 24.3 Å². The summed E-state index contributed by atoms with van der Waals surface area (Å²) in [6.45, 7) is 4.65. The number of ether oxygens (including phenoxy) is 1. The molecule has 0 saturated carbocycles. The molecule has 2 rings (SSSR count). The average molecular weight is 292 g/mol. The second-order valence-electron chi connectivity index (χ2n) is 4.62. The number of rotatable bonds is 3. The van der Waals surface area contributed by atoms with Crippen LogP contribution in [-0.2, 0) is 9.53 Å². The van der Waals surface area contributed by atoms with Gasteiger partial charge in [0, 0.05) is 10.4 Å². The van der Waals surface area contributed by atoms with Crippen molar-refractivity contribution >= 4 is 34.3 Å². The van der Waals surface area contributed by atoms with Crippen LogP contribution in [0.4, 0.5) is 0 Å². The lowest BCUT2D eigenvalue weighted by molar-refractivity contribution is -0.124. The molecule has 0 spiro atoms. The standard InChI is InChI=1S/C15H14ClNO3/c1-8-13(15(19)20-10(3)9(2)18)7-11-6-12(16)4-5-14(11)17-8/h4-7,10H,1-3H3/t10-/m0/s1. The first kappa shape index (κ1) is 14.5. The lowest BCUT2D eigenvalue weighted by Gasteiger charge is -2.12. The molecule has 0 aliphatic carbocycles. The quantitative estimate of drug-likeness (QED) is 0.814. The van der Waals surface area contributed by atoms with Gasteiger partial charge in [0.15, 0.2) is 11.9 Å². The number of benzene rings is 1. The summed E-state index contributed by atoms with van der Waals surface area (Å²) in [4.78, 5) is 27.5. The van der Waals surface area contributed by atoms with E-state index < -0.39 is 12.1 Å². The normalized spacial score (nSPS) is 12.2. The lowest BCUT2D eigenvalue weighted by atomic mass is 10.1. The minimum Gasteiger partial charge on any atom is -0.451 e. The van der Waals surface area contributed by atoms with Gasteiger partial charge in [-0.2, -0.15) is 0 Å². The summed E-state index contributed by atoms with van der Waals surface area (Å²) >= 11 is 5.93. The monoisotopic (exact) mass is 291 g/mol. The highest BCUT2D eigenvalue weighted by Crippen LogP contribution is 2.21. The molecule has 0 N–H and O–H groups in total. The van der Waals surface area contributed by atoms with Gasteiger partial charge in [-0.3, -0.25) is 9.78 Å². The number of carbonyl (C=O) groups excluding carboxylic acids is 2. The molecule has 104 valence electrons. The molecule has 0 amide bonds. The fourth-order valence-corrected chi connectivity index (χ4v) is 1.94. The molecule has 0 unspecified atom stereocenters. The van der Waals surface area contributed by atoms with Gasteiger partial charge in [-0.25, -0.2) is 4.79 Å². The van der Waals surface area contributed by atoms with E-state index in [0.717, 1.165) is 10.9 Å². The molecule has 0 radical (unpaired) electrons. The lowest BCUT2D eigenvalue weighted by Crippen LogP contribution is -2.22. The van der Waals surface area contributed by atoms with Gasteiger partial charge in [0.05, 0.1) is 16.8 Å². The van der Waals surface area contributed by atoms with Crippen molar-refractivity contribution in [1.29, 1.82) is 0 Å².